The maximum absolute atomic E-state index is 6.16. The smallest absolute Gasteiger partial charge is 0.189 e. The Morgan fingerprint density at radius 1 is 0.541 bits per heavy atom. The fourth-order valence-electron chi connectivity index (χ4n) is 3.97. The van der Waals surface area contributed by atoms with Gasteiger partial charge in [0.1, 0.15) is 11.5 Å². The fraction of sp³-hybridized carbons (Fsp3) is 0.250. The molecule has 0 N–H and O–H groups in total. The van der Waals surface area contributed by atoms with Gasteiger partial charge in [0.15, 0.2) is 13.6 Å². The van der Waals surface area contributed by atoms with E-state index in [-0.39, 0.29) is 13.6 Å². The van der Waals surface area contributed by atoms with Crippen LogP contribution >= 0.6 is 7.92 Å². The molecule has 0 bridgehead atoms. The zero-order valence-corrected chi connectivity index (χ0v) is 22.3. The van der Waals surface area contributed by atoms with Gasteiger partial charge in [-0.3, -0.25) is 0 Å². The first kappa shape index (κ1) is 26.9. The van der Waals surface area contributed by atoms with E-state index in [1.165, 1.54) is 10.6 Å². The van der Waals surface area contributed by atoms with E-state index in [0.717, 1.165) is 41.6 Å². The topological polar surface area (TPSA) is 36.9 Å². The summed E-state index contributed by atoms with van der Waals surface area (Å²) in [6, 6.07) is 36.9. The van der Waals surface area contributed by atoms with E-state index in [0.29, 0.717) is 13.2 Å². The summed E-state index contributed by atoms with van der Waals surface area (Å²) >= 11 is 0. The number of unbranched alkanes of at least 4 members (excludes halogenated alkanes) is 1. The van der Waals surface area contributed by atoms with Gasteiger partial charge in [-0.05, 0) is 43.8 Å². The van der Waals surface area contributed by atoms with Gasteiger partial charge in [0, 0.05) is 10.6 Å². The minimum Gasteiger partial charge on any atom is -0.467 e. The minimum absolute atomic E-state index is 0.203. The highest BCUT2D eigenvalue weighted by Gasteiger charge is 2.21. The molecule has 4 nitrogen and oxygen atoms in total. The van der Waals surface area contributed by atoms with Crippen LogP contribution in [0.15, 0.2) is 109 Å². The highest BCUT2D eigenvalue weighted by molar-refractivity contribution is 7.73. The molecular formula is C32H35O4P. The Morgan fingerprint density at radius 2 is 0.973 bits per heavy atom. The largest absolute Gasteiger partial charge is 0.467 e. The van der Waals surface area contributed by atoms with Crippen LogP contribution in [0.2, 0.25) is 0 Å². The molecule has 0 saturated heterocycles. The number of para-hydroxylation sites is 2. The van der Waals surface area contributed by atoms with Gasteiger partial charge in [0.2, 0.25) is 0 Å². The summed E-state index contributed by atoms with van der Waals surface area (Å²) in [5.41, 5.74) is 2.26. The van der Waals surface area contributed by atoms with Crippen LogP contribution in [0.3, 0.4) is 0 Å². The molecular weight excluding hydrogens is 479 g/mol. The predicted octanol–water partition coefficient (Wildman–Crippen LogP) is 7.03. The van der Waals surface area contributed by atoms with Crippen molar-refractivity contribution in [3.63, 3.8) is 0 Å². The van der Waals surface area contributed by atoms with E-state index in [4.69, 9.17) is 18.9 Å². The van der Waals surface area contributed by atoms with Crippen molar-refractivity contribution in [2.45, 2.75) is 33.0 Å². The lowest BCUT2D eigenvalue weighted by Crippen LogP contribution is -2.20. The molecule has 5 heteroatoms. The molecule has 0 atom stereocenters. The molecule has 37 heavy (non-hydrogen) atoms. The average molecular weight is 515 g/mol. The highest BCUT2D eigenvalue weighted by Crippen LogP contribution is 2.41. The van der Waals surface area contributed by atoms with Gasteiger partial charge in [-0.15, -0.1) is 0 Å². The molecule has 0 spiro atoms. The van der Waals surface area contributed by atoms with Crippen LogP contribution in [0.25, 0.3) is 0 Å². The van der Waals surface area contributed by atoms with Crippen LogP contribution in [-0.4, -0.2) is 19.7 Å². The van der Waals surface area contributed by atoms with Crippen molar-refractivity contribution in [2.75, 3.05) is 19.7 Å². The predicted molar refractivity (Wildman–Crippen MR) is 152 cm³/mol. The van der Waals surface area contributed by atoms with Crippen LogP contribution in [0.4, 0.5) is 0 Å². The zero-order valence-electron chi connectivity index (χ0n) is 21.4. The lowest BCUT2D eigenvalue weighted by Gasteiger charge is -2.24. The summed E-state index contributed by atoms with van der Waals surface area (Å²) < 4.78 is 23.9. The number of hydrogen-bond donors (Lipinski definition) is 0. The molecule has 0 radical (unpaired) electrons. The molecule has 0 amide bonds. The van der Waals surface area contributed by atoms with Crippen molar-refractivity contribution >= 4 is 18.5 Å². The molecule has 4 rings (SSSR count). The molecule has 4 aromatic carbocycles. The van der Waals surface area contributed by atoms with Crippen molar-refractivity contribution in [1.29, 1.82) is 0 Å². The molecule has 0 aliphatic carbocycles. The maximum Gasteiger partial charge on any atom is 0.189 e. The first-order valence-electron chi connectivity index (χ1n) is 12.8. The van der Waals surface area contributed by atoms with E-state index in [9.17, 15) is 0 Å². The summed E-state index contributed by atoms with van der Waals surface area (Å²) in [6.07, 6.45) is 3.32. The van der Waals surface area contributed by atoms with Gasteiger partial charge in [0.25, 0.3) is 0 Å². The third-order valence-electron chi connectivity index (χ3n) is 5.87. The number of hydrogen-bond acceptors (Lipinski definition) is 4. The van der Waals surface area contributed by atoms with Crippen molar-refractivity contribution in [2.24, 2.45) is 0 Å². The van der Waals surface area contributed by atoms with E-state index >= 15 is 0 Å². The lowest BCUT2D eigenvalue weighted by atomic mass is 10.2. The van der Waals surface area contributed by atoms with E-state index < -0.39 is 7.92 Å². The fourth-order valence-corrected chi connectivity index (χ4v) is 6.69. The first-order chi connectivity index (χ1) is 18.3. The summed E-state index contributed by atoms with van der Waals surface area (Å²) in [7, 11) is -0.689. The van der Waals surface area contributed by atoms with Crippen LogP contribution in [-0.2, 0) is 22.7 Å². The third kappa shape index (κ3) is 8.43. The zero-order chi connectivity index (χ0) is 25.5. The molecule has 0 aliphatic heterocycles. The third-order valence-corrected chi connectivity index (χ3v) is 8.53. The van der Waals surface area contributed by atoms with Crippen molar-refractivity contribution in [3.8, 4) is 11.5 Å². The van der Waals surface area contributed by atoms with Crippen molar-refractivity contribution in [1.82, 2.24) is 0 Å². The monoisotopic (exact) mass is 514 g/mol. The Balaban J connectivity index is 1.44. The molecule has 4 aromatic rings. The van der Waals surface area contributed by atoms with E-state index in [1.54, 1.807) is 0 Å². The minimum atomic E-state index is -0.689. The summed E-state index contributed by atoms with van der Waals surface area (Å²) in [4.78, 5) is 0. The van der Waals surface area contributed by atoms with Gasteiger partial charge >= 0.3 is 0 Å². The Bertz CT molecular complexity index is 1090. The van der Waals surface area contributed by atoms with Crippen molar-refractivity contribution < 1.29 is 18.9 Å². The summed E-state index contributed by atoms with van der Waals surface area (Å²) in [6.45, 7) is 3.68. The standard InChI is InChI=1S/C32H35O4P/c1-2-3-22-37(31-20-12-10-18-29(31)35-25-33-23-27-14-6-4-7-15-27)32-21-13-11-19-30(32)36-26-34-24-28-16-8-5-9-17-28/h4-21H,2-3,22-26H2,1H3. The molecule has 0 saturated carbocycles. The first-order valence-corrected chi connectivity index (χ1v) is 14.3. The van der Waals surface area contributed by atoms with Crippen LogP contribution in [0.1, 0.15) is 30.9 Å². The number of ether oxygens (including phenoxy) is 4. The van der Waals surface area contributed by atoms with E-state index in [2.05, 4.69) is 55.5 Å². The van der Waals surface area contributed by atoms with E-state index in [1.807, 2.05) is 60.7 Å². The molecule has 0 aromatic heterocycles. The number of benzene rings is 4. The summed E-state index contributed by atoms with van der Waals surface area (Å²) in [5, 5.41) is 2.41. The molecule has 0 aliphatic rings. The molecule has 0 unspecified atom stereocenters. The maximum atomic E-state index is 6.16. The van der Waals surface area contributed by atoms with Crippen molar-refractivity contribution in [3.05, 3.63) is 120 Å². The Labute approximate surface area is 221 Å². The lowest BCUT2D eigenvalue weighted by molar-refractivity contribution is 0.00562. The van der Waals surface area contributed by atoms with Crippen LogP contribution in [0.5, 0.6) is 11.5 Å². The van der Waals surface area contributed by atoms with Gasteiger partial charge in [-0.1, -0.05) is 110 Å². The summed E-state index contributed by atoms with van der Waals surface area (Å²) in [5.74, 6) is 1.74. The number of rotatable bonds is 15. The average Bonchev–Trinajstić information content (AvgIpc) is 2.96. The van der Waals surface area contributed by atoms with Gasteiger partial charge < -0.3 is 18.9 Å². The SMILES string of the molecule is CCCCP(c1ccccc1OCOCc1ccccc1)c1ccccc1OCOCc1ccccc1. The van der Waals surface area contributed by atoms with Gasteiger partial charge in [-0.2, -0.15) is 0 Å². The highest BCUT2D eigenvalue weighted by atomic mass is 31.1. The normalized spacial score (nSPS) is 11.0. The van der Waals surface area contributed by atoms with Crippen LogP contribution < -0.4 is 20.1 Å². The Hall–Kier alpha value is -3.17. The van der Waals surface area contributed by atoms with Crippen LogP contribution in [0, 0.1) is 0 Å². The second kappa shape index (κ2) is 15.2. The molecule has 192 valence electrons. The Kier molecular flexibility index (Phi) is 11.0. The second-order valence-corrected chi connectivity index (χ2v) is 10.9. The quantitative estimate of drug-likeness (QED) is 0.0970. The van der Waals surface area contributed by atoms with Gasteiger partial charge in [-0.25, -0.2) is 0 Å². The Morgan fingerprint density at radius 3 is 1.43 bits per heavy atom. The van der Waals surface area contributed by atoms with Gasteiger partial charge in [0.05, 0.1) is 13.2 Å². The molecule has 0 fully saturated rings. The second-order valence-electron chi connectivity index (χ2n) is 8.63. The molecule has 0 heterocycles.